The number of phenols is 2. The molecule has 2 aromatic carbocycles. The maximum absolute atomic E-state index is 13.1. The molecule has 208 valence electrons. The SMILES string of the molecule is Cc1ccc(CN(C)C(=O)c2cc(C(=O)CCC3Cc4ccc(OCCCN(C)C)cc4C3)c(O)cc2O)o1. The third-order valence-corrected chi connectivity index (χ3v) is 7.17. The number of benzene rings is 2. The minimum Gasteiger partial charge on any atom is -0.507 e. The first-order valence-corrected chi connectivity index (χ1v) is 13.4. The van der Waals surface area contributed by atoms with Crippen molar-refractivity contribution in [3.63, 3.8) is 0 Å². The lowest BCUT2D eigenvalue weighted by Gasteiger charge is -2.17. The van der Waals surface area contributed by atoms with E-state index < -0.39 is 5.91 Å². The summed E-state index contributed by atoms with van der Waals surface area (Å²) < 4.78 is 11.4. The minimum atomic E-state index is -0.471. The van der Waals surface area contributed by atoms with E-state index in [1.807, 2.05) is 33.2 Å². The zero-order chi connectivity index (χ0) is 28.1. The number of aromatic hydroxyl groups is 2. The van der Waals surface area contributed by atoms with Crippen molar-refractivity contribution in [2.24, 2.45) is 5.92 Å². The molecular formula is C31H38N2O6. The monoisotopic (exact) mass is 534 g/mol. The van der Waals surface area contributed by atoms with Gasteiger partial charge in [-0.1, -0.05) is 6.07 Å². The lowest BCUT2D eigenvalue weighted by molar-refractivity contribution is 0.0772. The molecule has 1 atom stereocenters. The number of amides is 1. The van der Waals surface area contributed by atoms with Crippen LogP contribution in [0.2, 0.25) is 0 Å². The van der Waals surface area contributed by atoms with E-state index in [9.17, 15) is 19.8 Å². The number of ether oxygens (including phenoxy) is 1. The summed E-state index contributed by atoms with van der Waals surface area (Å²) in [6.07, 6.45) is 3.63. The standard InChI is InChI=1S/C31H38N2O6/c1-20-6-9-25(39-20)19-33(4)31(37)27-17-26(29(35)18-30(27)36)28(34)11-7-21-14-22-8-10-24(16-23(22)15-21)38-13-5-12-32(2)3/h6,8-10,16-18,21,35-36H,5,7,11-15,19H2,1-4H3. The second-order valence-electron chi connectivity index (χ2n) is 10.7. The third kappa shape index (κ3) is 7.20. The van der Waals surface area contributed by atoms with E-state index in [2.05, 4.69) is 17.0 Å². The molecule has 0 saturated heterocycles. The van der Waals surface area contributed by atoms with Gasteiger partial charge in [0, 0.05) is 26.1 Å². The molecule has 8 nitrogen and oxygen atoms in total. The molecule has 1 aromatic heterocycles. The first-order valence-electron chi connectivity index (χ1n) is 13.4. The third-order valence-electron chi connectivity index (χ3n) is 7.17. The second kappa shape index (κ2) is 12.4. The molecule has 4 rings (SSSR count). The molecule has 2 N–H and O–H groups in total. The highest BCUT2D eigenvalue weighted by molar-refractivity contribution is 6.03. The fourth-order valence-electron chi connectivity index (χ4n) is 5.07. The molecule has 0 spiro atoms. The van der Waals surface area contributed by atoms with Crippen LogP contribution in [0.5, 0.6) is 17.2 Å². The van der Waals surface area contributed by atoms with Gasteiger partial charge in [0.15, 0.2) is 5.78 Å². The van der Waals surface area contributed by atoms with Crippen molar-refractivity contribution in [3.05, 3.63) is 76.2 Å². The summed E-state index contributed by atoms with van der Waals surface area (Å²) in [6, 6.07) is 12.2. The summed E-state index contributed by atoms with van der Waals surface area (Å²) in [6.45, 7) is 3.68. The van der Waals surface area contributed by atoms with E-state index in [4.69, 9.17) is 9.15 Å². The average Bonchev–Trinajstić information content (AvgIpc) is 3.49. The molecule has 0 saturated carbocycles. The maximum atomic E-state index is 13.1. The van der Waals surface area contributed by atoms with Gasteiger partial charge in [-0.3, -0.25) is 9.59 Å². The molecule has 1 aliphatic rings. The molecule has 1 amide bonds. The highest BCUT2D eigenvalue weighted by Gasteiger charge is 2.25. The number of rotatable bonds is 12. The fourth-order valence-corrected chi connectivity index (χ4v) is 5.07. The second-order valence-corrected chi connectivity index (χ2v) is 10.7. The predicted octanol–water partition coefficient (Wildman–Crippen LogP) is 4.98. The van der Waals surface area contributed by atoms with Crippen molar-refractivity contribution >= 4 is 11.7 Å². The Hall–Kier alpha value is -3.78. The number of aryl methyl sites for hydroxylation is 1. The number of carbonyl (C=O) groups is 2. The summed E-state index contributed by atoms with van der Waals surface area (Å²) in [7, 11) is 5.68. The Morgan fingerprint density at radius 1 is 0.974 bits per heavy atom. The summed E-state index contributed by atoms with van der Waals surface area (Å²) >= 11 is 0. The van der Waals surface area contributed by atoms with Crippen LogP contribution in [0.25, 0.3) is 0 Å². The van der Waals surface area contributed by atoms with E-state index >= 15 is 0 Å². The van der Waals surface area contributed by atoms with Gasteiger partial charge in [0.05, 0.1) is 24.3 Å². The van der Waals surface area contributed by atoms with Crippen molar-refractivity contribution in [1.29, 1.82) is 0 Å². The molecule has 1 heterocycles. The van der Waals surface area contributed by atoms with E-state index in [0.717, 1.165) is 43.4 Å². The van der Waals surface area contributed by atoms with Crippen LogP contribution < -0.4 is 4.74 Å². The molecular weight excluding hydrogens is 496 g/mol. The van der Waals surface area contributed by atoms with Crippen molar-refractivity contribution in [1.82, 2.24) is 9.80 Å². The van der Waals surface area contributed by atoms with Crippen molar-refractivity contribution in [2.75, 3.05) is 34.3 Å². The zero-order valence-electron chi connectivity index (χ0n) is 23.2. The lowest BCUT2D eigenvalue weighted by atomic mass is 9.95. The predicted molar refractivity (Wildman–Crippen MR) is 149 cm³/mol. The molecule has 1 unspecified atom stereocenters. The smallest absolute Gasteiger partial charge is 0.257 e. The molecule has 0 aliphatic heterocycles. The Kier molecular flexibility index (Phi) is 8.97. The number of hydrogen-bond acceptors (Lipinski definition) is 7. The largest absolute Gasteiger partial charge is 0.507 e. The molecule has 0 bridgehead atoms. The van der Waals surface area contributed by atoms with Gasteiger partial charge < -0.3 is 29.2 Å². The van der Waals surface area contributed by atoms with Crippen molar-refractivity contribution in [2.45, 2.75) is 45.6 Å². The minimum absolute atomic E-state index is 0.0340. The Bertz CT molecular complexity index is 1330. The number of furan rings is 1. The molecule has 3 aromatic rings. The normalized spacial score (nSPS) is 14.4. The molecule has 8 heteroatoms. The van der Waals surface area contributed by atoms with Crippen LogP contribution in [-0.4, -0.2) is 66.0 Å². The fraction of sp³-hybridized carbons (Fsp3) is 0.419. The van der Waals surface area contributed by atoms with Gasteiger partial charge in [-0.25, -0.2) is 0 Å². The summed E-state index contributed by atoms with van der Waals surface area (Å²) in [5.41, 5.74) is 2.55. The Morgan fingerprint density at radius 3 is 2.44 bits per heavy atom. The van der Waals surface area contributed by atoms with E-state index in [1.165, 1.54) is 22.1 Å². The van der Waals surface area contributed by atoms with E-state index in [-0.39, 0.29) is 41.4 Å². The molecule has 0 radical (unpaired) electrons. The number of hydrogen-bond donors (Lipinski definition) is 2. The first-order chi connectivity index (χ1) is 18.6. The van der Waals surface area contributed by atoms with Crippen molar-refractivity contribution < 1.29 is 29.0 Å². The highest BCUT2D eigenvalue weighted by atomic mass is 16.5. The van der Waals surface area contributed by atoms with E-state index in [1.54, 1.807) is 13.1 Å². The van der Waals surface area contributed by atoms with Gasteiger partial charge in [0.25, 0.3) is 5.91 Å². The quantitative estimate of drug-likeness (QED) is 0.250. The number of Topliss-reactive ketones (excluding diaryl/α,β-unsaturated/α-hetero) is 1. The summed E-state index contributed by atoms with van der Waals surface area (Å²) in [5, 5.41) is 20.7. The number of nitrogens with zero attached hydrogens (tertiary/aromatic N) is 2. The van der Waals surface area contributed by atoms with Crippen LogP contribution in [0.15, 0.2) is 46.9 Å². The van der Waals surface area contributed by atoms with Crippen LogP contribution >= 0.6 is 0 Å². The van der Waals surface area contributed by atoms with Crippen LogP contribution in [0.4, 0.5) is 0 Å². The highest BCUT2D eigenvalue weighted by Crippen LogP contribution is 2.34. The van der Waals surface area contributed by atoms with Crippen LogP contribution in [-0.2, 0) is 19.4 Å². The number of fused-ring (bicyclic) bond motifs is 1. The Balaban J connectivity index is 1.34. The van der Waals surface area contributed by atoms with Crippen molar-refractivity contribution in [3.8, 4) is 17.2 Å². The Labute approximate surface area is 229 Å². The molecule has 39 heavy (non-hydrogen) atoms. The topological polar surface area (TPSA) is 103 Å². The maximum Gasteiger partial charge on any atom is 0.257 e. The molecule has 1 aliphatic carbocycles. The average molecular weight is 535 g/mol. The van der Waals surface area contributed by atoms with Gasteiger partial charge in [-0.2, -0.15) is 0 Å². The molecule has 0 fully saturated rings. The van der Waals surface area contributed by atoms with Crippen LogP contribution in [0.1, 0.15) is 62.6 Å². The summed E-state index contributed by atoms with van der Waals surface area (Å²) in [5.74, 6) is 1.11. The van der Waals surface area contributed by atoms with Gasteiger partial charge in [-0.05, 0) is 94.1 Å². The first kappa shape index (κ1) is 28.2. The Morgan fingerprint density at radius 2 is 1.72 bits per heavy atom. The number of phenolic OH excluding ortho intramolecular Hbond substituents is 2. The number of carbonyl (C=O) groups excluding carboxylic acids is 2. The van der Waals surface area contributed by atoms with Gasteiger partial charge >= 0.3 is 0 Å². The summed E-state index contributed by atoms with van der Waals surface area (Å²) in [4.78, 5) is 29.6. The number of ketones is 1. The van der Waals surface area contributed by atoms with Gasteiger partial charge in [0.1, 0.15) is 28.8 Å². The van der Waals surface area contributed by atoms with Crippen LogP contribution in [0, 0.1) is 12.8 Å². The van der Waals surface area contributed by atoms with Gasteiger partial charge in [0.2, 0.25) is 0 Å². The zero-order valence-corrected chi connectivity index (χ0v) is 23.2. The van der Waals surface area contributed by atoms with Gasteiger partial charge in [-0.15, -0.1) is 0 Å². The van der Waals surface area contributed by atoms with E-state index in [0.29, 0.717) is 24.7 Å². The lowest BCUT2D eigenvalue weighted by Crippen LogP contribution is -2.26. The van der Waals surface area contributed by atoms with Crippen LogP contribution in [0.3, 0.4) is 0 Å².